The van der Waals surface area contributed by atoms with Gasteiger partial charge in [-0.05, 0) is 59.0 Å². The number of carboxylic acid groups (broad SMARTS) is 1. The SMILES string of the molecule is CC(C)=CCC/C(C)=C/C(=O)[O-].CCC[N+](CCC)(CCC)CCO. The minimum atomic E-state index is -1.11. The predicted molar refractivity (Wildman–Crippen MR) is 105 cm³/mol. The molecule has 0 heterocycles. The third-order valence-electron chi connectivity index (χ3n) is 4.12. The van der Waals surface area contributed by atoms with Gasteiger partial charge in [0.25, 0.3) is 0 Å². The highest BCUT2D eigenvalue weighted by Crippen LogP contribution is 2.10. The zero-order chi connectivity index (χ0) is 19.7. The Morgan fingerprint density at radius 2 is 1.44 bits per heavy atom. The Balaban J connectivity index is 0. The molecule has 25 heavy (non-hydrogen) atoms. The zero-order valence-electron chi connectivity index (χ0n) is 17.4. The van der Waals surface area contributed by atoms with Crippen LogP contribution in [0.15, 0.2) is 23.3 Å². The maximum atomic E-state index is 10.1. The molecular formula is C21H41NO3. The molecule has 0 aliphatic heterocycles. The van der Waals surface area contributed by atoms with Gasteiger partial charge >= 0.3 is 0 Å². The van der Waals surface area contributed by atoms with Crippen molar-refractivity contribution in [3.63, 3.8) is 0 Å². The molecule has 1 N–H and O–H groups in total. The number of aliphatic hydroxyl groups excluding tert-OH is 1. The molecule has 0 saturated carbocycles. The van der Waals surface area contributed by atoms with E-state index in [4.69, 9.17) is 5.11 Å². The summed E-state index contributed by atoms with van der Waals surface area (Å²) in [6.07, 6.45) is 8.60. The number of nitrogens with zero attached hydrogens (tertiary/aromatic N) is 1. The average molecular weight is 356 g/mol. The molecule has 0 rings (SSSR count). The monoisotopic (exact) mass is 355 g/mol. The lowest BCUT2D eigenvalue weighted by Gasteiger charge is -2.38. The molecule has 4 heteroatoms. The highest BCUT2D eigenvalue weighted by atomic mass is 16.4. The number of aliphatic carboxylic acids is 1. The molecule has 4 nitrogen and oxygen atoms in total. The second-order valence-corrected chi connectivity index (χ2v) is 7.09. The minimum absolute atomic E-state index is 0.333. The summed E-state index contributed by atoms with van der Waals surface area (Å²) in [5, 5.41) is 19.2. The minimum Gasteiger partial charge on any atom is -0.545 e. The lowest BCUT2D eigenvalue weighted by Crippen LogP contribution is -2.51. The topological polar surface area (TPSA) is 60.4 Å². The lowest BCUT2D eigenvalue weighted by atomic mass is 10.1. The number of carbonyl (C=O) groups excluding carboxylic acids is 1. The largest absolute Gasteiger partial charge is 0.545 e. The van der Waals surface area contributed by atoms with E-state index in [9.17, 15) is 9.90 Å². The van der Waals surface area contributed by atoms with E-state index in [1.807, 2.05) is 13.8 Å². The third-order valence-corrected chi connectivity index (χ3v) is 4.12. The molecule has 0 aliphatic rings. The van der Waals surface area contributed by atoms with Gasteiger partial charge < -0.3 is 19.5 Å². The van der Waals surface area contributed by atoms with Gasteiger partial charge in [0.15, 0.2) is 0 Å². The molecule has 0 atom stereocenters. The van der Waals surface area contributed by atoms with Crippen LogP contribution in [0.5, 0.6) is 0 Å². The van der Waals surface area contributed by atoms with Gasteiger partial charge in [-0.2, -0.15) is 0 Å². The molecule has 0 bridgehead atoms. The van der Waals surface area contributed by atoms with Crippen molar-refractivity contribution in [2.24, 2.45) is 0 Å². The van der Waals surface area contributed by atoms with E-state index in [1.54, 1.807) is 6.92 Å². The second kappa shape index (κ2) is 16.3. The smallest absolute Gasteiger partial charge is 0.102 e. The van der Waals surface area contributed by atoms with Crippen LogP contribution in [0.3, 0.4) is 0 Å². The number of carbonyl (C=O) groups is 1. The van der Waals surface area contributed by atoms with E-state index in [-0.39, 0.29) is 0 Å². The fraction of sp³-hybridized carbons (Fsp3) is 0.762. The molecule has 0 spiro atoms. The van der Waals surface area contributed by atoms with Crippen molar-refractivity contribution in [2.45, 2.75) is 73.6 Å². The summed E-state index contributed by atoms with van der Waals surface area (Å²) in [5.74, 6) is -1.11. The highest BCUT2D eigenvalue weighted by Gasteiger charge is 2.23. The van der Waals surface area contributed by atoms with Gasteiger partial charge in [-0.25, -0.2) is 0 Å². The van der Waals surface area contributed by atoms with Gasteiger partial charge in [0.1, 0.15) is 6.54 Å². The molecule has 0 radical (unpaired) electrons. The van der Waals surface area contributed by atoms with E-state index in [1.165, 1.54) is 44.5 Å². The van der Waals surface area contributed by atoms with Crippen LogP contribution < -0.4 is 5.11 Å². The number of allylic oxidation sites excluding steroid dienone is 3. The molecule has 0 saturated heterocycles. The normalized spacial score (nSPS) is 11.6. The van der Waals surface area contributed by atoms with E-state index < -0.39 is 5.97 Å². The summed E-state index contributed by atoms with van der Waals surface area (Å²) in [6, 6.07) is 0. The maximum Gasteiger partial charge on any atom is 0.102 e. The molecular weight excluding hydrogens is 314 g/mol. The van der Waals surface area contributed by atoms with Gasteiger partial charge in [-0.1, -0.05) is 38.0 Å². The van der Waals surface area contributed by atoms with Crippen LogP contribution in [0.1, 0.15) is 73.6 Å². The van der Waals surface area contributed by atoms with Crippen molar-refractivity contribution < 1.29 is 19.5 Å². The number of hydrogen-bond donors (Lipinski definition) is 1. The summed E-state index contributed by atoms with van der Waals surface area (Å²) in [5.41, 5.74) is 2.11. The third kappa shape index (κ3) is 16.1. The van der Waals surface area contributed by atoms with Gasteiger partial charge in [-0.3, -0.25) is 0 Å². The summed E-state index contributed by atoms with van der Waals surface area (Å²) in [4.78, 5) is 10.1. The van der Waals surface area contributed by atoms with Crippen molar-refractivity contribution in [3.8, 4) is 0 Å². The van der Waals surface area contributed by atoms with Gasteiger partial charge in [-0.15, -0.1) is 0 Å². The molecule has 0 amide bonds. The Morgan fingerprint density at radius 3 is 1.76 bits per heavy atom. The van der Waals surface area contributed by atoms with Crippen LogP contribution in [0.2, 0.25) is 0 Å². The molecule has 148 valence electrons. The predicted octanol–water partition coefficient (Wildman–Crippen LogP) is 3.45. The number of rotatable bonds is 12. The van der Waals surface area contributed by atoms with Crippen molar-refractivity contribution in [1.82, 2.24) is 0 Å². The second-order valence-electron chi connectivity index (χ2n) is 7.09. The molecule has 0 unspecified atom stereocenters. The van der Waals surface area contributed by atoms with E-state index in [0.29, 0.717) is 6.61 Å². The fourth-order valence-electron chi connectivity index (χ4n) is 3.17. The molecule has 0 aliphatic carbocycles. The van der Waals surface area contributed by atoms with Crippen LogP contribution >= 0.6 is 0 Å². The van der Waals surface area contributed by atoms with Gasteiger partial charge in [0.05, 0.1) is 32.2 Å². The van der Waals surface area contributed by atoms with Crippen LogP contribution in [0.4, 0.5) is 0 Å². The van der Waals surface area contributed by atoms with E-state index >= 15 is 0 Å². The summed E-state index contributed by atoms with van der Waals surface area (Å²) in [6.45, 7) is 17.5. The first-order chi connectivity index (χ1) is 11.8. The molecule has 0 aromatic heterocycles. The summed E-state index contributed by atoms with van der Waals surface area (Å²) in [7, 11) is 0. The standard InChI is InChI=1S/C11H26NO.C10H16O2/c1-4-7-12(8-5-2,9-6-3)10-11-13;1-8(2)5-4-6-9(3)7-10(11)12/h13H,4-11H2,1-3H3;5,7H,4,6H2,1-3H3,(H,11,12)/q+1;/p-1/b;9-7+. The van der Waals surface area contributed by atoms with Crippen LogP contribution in [-0.2, 0) is 4.79 Å². The van der Waals surface area contributed by atoms with Crippen LogP contribution in [-0.4, -0.2) is 48.3 Å². The number of hydrogen-bond acceptors (Lipinski definition) is 3. The Morgan fingerprint density at radius 1 is 0.960 bits per heavy atom. The first-order valence-electron chi connectivity index (χ1n) is 9.74. The van der Waals surface area contributed by atoms with Crippen LogP contribution in [0.25, 0.3) is 0 Å². The number of carboxylic acids is 1. The molecule has 0 aromatic carbocycles. The van der Waals surface area contributed by atoms with Crippen molar-refractivity contribution in [3.05, 3.63) is 23.3 Å². The highest BCUT2D eigenvalue weighted by molar-refractivity contribution is 5.78. The van der Waals surface area contributed by atoms with Gasteiger partial charge in [0.2, 0.25) is 0 Å². The fourth-order valence-corrected chi connectivity index (χ4v) is 3.17. The Kier molecular flexibility index (Phi) is 17.1. The number of quaternary nitrogens is 1. The molecule has 0 aromatic rings. The first-order valence-corrected chi connectivity index (χ1v) is 9.74. The quantitative estimate of drug-likeness (QED) is 0.331. The van der Waals surface area contributed by atoms with Crippen molar-refractivity contribution in [1.29, 1.82) is 0 Å². The van der Waals surface area contributed by atoms with Crippen molar-refractivity contribution in [2.75, 3.05) is 32.8 Å². The average Bonchev–Trinajstić information content (AvgIpc) is 2.47. The number of aliphatic hydroxyl groups is 1. The first kappa shape index (κ1) is 26.1. The van der Waals surface area contributed by atoms with Crippen LogP contribution in [0, 0.1) is 0 Å². The van der Waals surface area contributed by atoms with E-state index in [0.717, 1.165) is 35.5 Å². The Labute approximate surface area is 155 Å². The van der Waals surface area contributed by atoms with Gasteiger partial charge in [0, 0.05) is 0 Å². The summed E-state index contributed by atoms with van der Waals surface area (Å²) < 4.78 is 1.12. The Bertz CT molecular complexity index is 366. The van der Waals surface area contributed by atoms with E-state index in [2.05, 4.69) is 26.8 Å². The molecule has 0 fully saturated rings. The van der Waals surface area contributed by atoms with Crippen molar-refractivity contribution >= 4 is 5.97 Å². The zero-order valence-corrected chi connectivity index (χ0v) is 17.4. The Hall–Kier alpha value is -1.13. The lowest BCUT2D eigenvalue weighted by molar-refractivity contribution is -0.928. The summed E-state index contributed by atoms with van der Waals surface area (Å²) >= 11 is 0. The maximum absolute atomic E-state index is 10.1.